The molecule has 2 aromatic carbocycles. The van der Waals surface area contributed by atoms with Gasteiger partial charge in [0.25, 0.3) is 0 Å². The lowest BCUT2D eigenvalue weighted by Crippen LogP contribution is -2.27. The van der Waals surface area contributed by atoms with Crippen molar-refractivity contribution >= 4 is 17.3 Å². The highest BCUT2D eigenvalue weighted by atomic mass is 35.5. The number of aliphatic hydroxyl groups is 1. The number of hydrogen-bond acceptors (Lipinski definition) is 2. The largest absolute Gasteiger partial charge is 0.392 e. The van der Waals surface area contributed by atoms with E-state index in [9.17, 15) is 5.11 Å². The number of aliphatic hydroxyl groups excluding tert-OH is 1. The second kappa shape index (κ2) is 5.86. The number of hydrogen-bond donors (Lipinski definition) is 1. The number of halogens is 1. The summed E-state index contributed by atoms with van der Waals surface area (Å²) in [7, 11) is 0. The molecule has 1 heterocycles. The summed E-state index contributed by atoms with van der Waals surface area (Å²) in [5.41, 5.74) is 4.76. The molecule has 1 N–H and O–H groups in total. The minimum atomic E-state index is -0.0154. The van der Waals surface area contributed by atoms with Crippen LogP contribution in [0.25, 0.3) is 0 Å². The number of fused-ring (bicyclic) bond motifs is 1. The van der Waals surface area contributed by atoms with Crippen LogP contribution in [0.1, 0.15) is 16.7 Å². The maximum Gasteiger partial charge on any atom is 0.0716 e. The van der Waals surface area contributed by atoms with Crippen LogP contribution in [-0.4, -0.2) is 18.2 Å². The van der Waals surface area contributed by atoms with E-state index in [1.807, 2.05) is 18.2 Å². The van der Waals surface area contributed by atoms with Crippen LogP contribution in [0.4, 0.5) is 5.69 Å². The molecule has 0 bridgehead atoms. The molecule has 0 atom stereocenters. The molecule has 2 nitrogen and oxygen atoms in total. The van der Waals surface area contributed by atoms with Crippen molar-refractivity contribution in [2.45, 2.75) is 19.4 Å². The number of benzene rings is 2. The molecule has 20 heavy (non-hydrogen) atoms. The van der Waals surface area contributed by atoms with Crippen molar-refractivity contribution in [1.82, 2.24) is 0 Å². The van der Waals surface area contributed by atoms with E-state index in [0.717, 1.165) is 37.2 Å². The topological polar surface area (TPSA) is 23.5 Å². The van der Waals surface area contributed by atoms with Crippen molar-refractivity contribution in [3.05, 3.63) is 64.2 Å². The van der Waals surface area contributed by atoms with Crippen molar-refractivity contribution in [2.24, 2.45) is 0 Å². The molecule has 0 saturated heterocycles. The van der Waals surface area contributed by atoms with E-state index in [1.165, 1.54) is 11.1 Å². The minimum absolute atomic E-state index is 0.0154. The Hall–Kier alpha value is -1.51. The van der Waals surface area contributed by atoms with E-state index in [1.54, 1.807) is 0 Å². The monoisotopic (exact) mass is 287 g/mol. The van der Waals surface area contributed by atoms with Crippen LogP contribution < -0.4 is 4.90 Å². The molecule has 0 fully saturated rings. The Morgan fingerprint density at radius 2 is 1.60 bits per heavy atom. The summed E-state index contributed by atoms with van der Waals surface area (Å²) in [5.74, 6) is 0. The molecule has 1 aliphatic heterocycles. The Bertz CT molecular complexity index is 585. The van der Waals surface area contributed by atoms with Crippen LogP contribution in [0.15, 0.2) is 42.5 Å². The van der Waals surface area contributed by atoms with Gasteiger partial charge in [-0.15, -0.1) is 0 Å². The molecule has 0 radical (unpaired) electrons. The molecule has 3 rings (SSSR count). The summed E-state index contributed by atoms with van der Waals surface area (Å²) < 4.78 is 0. The van der Waals surface area contributed by atoms with Gasteiger partial charge < -0.3 is 10.0 Å². The first kappa shape index (κ1) is 13.5. The fourth-order valence-corrected chi connectivity index (χ4v) is 3.14. The fraction of sp³-hybridized carbons (Fsp3) is 0.294. The lowest BCUT2D eigenvalue weighted by atomic mass is 10.0. The molecule has 0 amide bonds. The Labute approximate surface area is 124 Å². The second-order valence-electron chi connectivity index (χ2n) is 5.15. The van der Waals surface area contributed by atoms with E-state index >= 15 is 0 Å². The SMILES string of the molecule is OCc1c(Cl)cccc1N1CCc2ccccc2CC1. The second-order valence-corrected chi connectivity index (χ2v) is 5.56. The summed E-state index contributed by atoms with van der Waals surface area (Å²) in [5, 5.41) is 10.2. The first-order valence-corrected chi connectivity index (χ1v) is 7.37. The number of rotatable bonds is 2. The van der Waals surface area contributed by atoms with Crippen molar-refractivity contribution in [3.63, 3.8) is 0 Å². The van der Waals surface area contributed by atoms with Crippen LogP contribution >= 0.6 is 11.6 Å². The predicted octanol–water partition coefficient (Wildman–Crippen LogP) is 3.44. The van der Waals surface area contributed by atoms with Crippen molar-refractivity contribution in [3.8, 4) is 0 Å². The third-order valence-corrected chi connectivity index (χ3v) is 4.37. The van der Waals surface area contributed by atoms with Gasteiger partial charge in [0, 0.05) is 29.4 Å². The van der Waals surface area contributed by atoms with Gasteiger partial charge >= 0.3 is 0 Å². The third kappa shape index (κ3) is 2.54. The Balaban J connectivity index is 1.89. The highest BCUT2D eigenvalue weighted by Crippen LogP contribution is 2.29. The highest BCUT2D eigenvalue weighted by Gasteiger charge is 2.17. The Kier molecular flexibility index (Phi) is 3.95. The van der Waals surface area contributed by atoms with E-state index in [2.05, 4.69) is 29.2 Å². The van der Waals surface area contributed by atoms with Gasteiger partial charge in [0.2, 0.25) is 0 Å². The van der Waals surface area contributed by atoms with Crippen LogP contribution in [0.3, 0.4) is 0 Å². The molecule has 0 spiro atoms. The quantitative estimate of drug-likeness (QED) is 0.915. The molecule has 0 aliphatic carbocycles. The molecular formula is C17H18ClNO. The van der Waals surface area contributed by atoms with Crippen molar-refractivity contribution in [1.29, 1.82) is 0 Å². The third-order valence-electron chi connectivity index (χ3n) is 4.01. The lowest BCUT2D eigenvalue weighted by molar-refractivity contribution is 0.282. The molecule has 2 aromatic rings. The number of nitrogens with zero attached hydrogens (tertiary/aromatic N) is 1. The van der Waals surface area contributed by atoms with Crippen LogP contribution in [-0.2, 0) is 19.4 Å². The van der Waals surface area contributed by atoms with Crippen LogP contribution in [0.2, 0.25) is 5.02 Å². The van der Waals surface area contributed by atoms with Gasteiger partial charge in [0.1, 0.15) is 0 Å². The summed E-state index contributed by atoms with van der Waals surface area (Å²) in [6.07, 6.45) is 2.07. The minimum Gasteiger partial charge on any atom is -0.392 e. The van der Waals surface area contributed by atoms with E-state index in [4.69, 9.17) is 11.6 Å². The van der Waals surface area contributed by atoms with Crippen LogP contribution in [0, 0.1) is 0 Å². The predicted molar refractivity (Wildman–Crippen MR) is 83.4 cm³/mol. The molecule has 3 heteroatoms. The van der Waals surface area contributed by atoms with Gasteiger partial charge in [-0.05, 0) is 36.1 Å². The van der Waals surface area contributed by atoms with Gasteiger partial charge in [-0.1, -0.05) is 41.9 Å². The average molecular weight is 288 g/mol. The maximum absolute atomic E-state index is 9.56. The average Bonchev–Trinajstić information content (AvgIpc) is 2.69. The van der Waals surface area contributed by atoms with Gasteiger partial charge in [-0.3, -0.25) is 0 Å². The van der Waals surface area contributed by atoms with E-state index in [-0.39, 0.29) is 6.61 Å². The molecule has 104 valence electrons. The lowest BCUT2D eigenvalue weighted by Gasteiger charge is -2.25. The summed E-state index contributed by atoms with van der Waals surface area (Å²) in [6.45, 7) is 1.91. The smallest absolute Gasteiger partial charge is 0.0716 e. The molecule has 1 aliphatic rings. The van der Waals surface area contributed by atoms with E-state index < -0.39 is 0 Å². The van der Waals surface area contributed by atoms with Crippen molar-refractivity contribution in [2.75, 3.05) is 18.0 Å². The first-order valence-electron chi connectivity index (χ1n) is 6.99. The fourth-order valence-electron chi connectivity index (χ4n) is 2.91. The highest BCUT2D eigenvalue weighted by molar-refractivity contribution is 6.31. The number of anilines is 1. The molecule has 0 unspecified atom stereocenters. The molecule has 0 saturated carbocycles. The Morgan fingerprint density at radius 3 is 2.20 bits per heavy atom. The van der Waals surface area contributed by atoms with Crippen molar-refractivity contribution < 1.29 is 5.11 Å². The maximum atomic E-state index is 9.56. The normalized spacial score (nSPS) is 14.8. The molecular weight excluding hydrogens is 270 g/mol. The first-order chi connectivity index (χ1) is 9.79. The summed E-state index contributed by atoms with van der Waals surface area (Å²) in [6, 6.07) is 14.5. The zero-order valence-corrected chi connectivity index (χ0v) is 12.1. The standard InChI is InChI=1S/C17H18ClNO/c18-16-6-3-7-17(15(16)12-20)19-10-8-13-4-1-2-5-14(13)9-11-19/h1-7,20H,8-12H2. The van der Waals surface area contributed by atoms with Gasteiger partial charge in [-0.2, -0.15) is 0 Å². The summed E-state index contributed by atoms with van der Waals surface area (Å²) >= 11 is 6.19. The van der Waals surface area contributed by atoms with Gasteiger partial charge in [0.05, 0.1) is 6.61 Å². The molecule has 0 aromatic heterocycles. The zero-order valence-electron chi connectivity index (χ0n) is 11.3. The van der Waals surface area contributed by atoms with Gasteiger partial charge in [-0.25, -0.2) is 0 Å². The Morgan fingerprint density at radius 1 is 0.950 bits per heavy atom. The van der Waals surface area contributed by atoms with Crippen LogP contribution in [0.5, 0.6) is 0 Å². The zero-order chi connectivity index (χ0) is 13.9. The summed E-state index contributed by atoms with van der Waals surface area (Å²) in [4.78, 5) is 2.33. The van der Waals surface area contributed by atoms with Gasteiger partial charge in [0.15, 0.2) is 0 Å². The van der Waals surface area contributed by atoms with E-state index in [0.29, 0.717) is 5.02 Å².